The SMILES string of the molecule is O=C(c1ccc2cccnc2c1)[NH+]([O-])c1c(Br)cc(C(F)(C(F)(F)F)C(F)(F)F)cc1OC(F)F. The van der Waals surface area contributed by atoms with Crippen molar-refractivity contribution in [3.8, 4) is 5.75 Å². The number of amides is 1. The Morgan fingerprint density at radius 1 is 1.00 bits per heavy atom. The van der Waals surface area contributed by atoms with E-state index in [1.807, 2.05) is 0 Å². The lowest BCUT2D eigenvalue weighted by molar-refractivity contribution is -0.680. The number of carbonyl (C=O) groups is 1. The van der Waals surface area contributed by atoms with Crippen LogP contribution in [-0.4, -0.2) is 29.9 Å². The second kappa shape index (κ2) is 9.28. The van der Waals surface area contributed by atoms with Crippen molar-refractivity contribution >= 4 is 38.4 Å². The second-order valence-corrected chi connectivity index (χ2v) is 7.79. The first kappa shape index (κ1) is 26.7. The highest BCUT2D eigenvalue weighted by molar-refractivity contribution is 9.10. The predicted molar refractivity (Wildman–Crippen MR) is 106 cm³/mol. The molecule has 2 aromatic carbocycles. The van der Waals surface area contributed by atoms with Crippen LogP contribution in [0.2, 0.25) is 0 Å². The van der Waals surface area contributed by atoms with Gasteiger partial charge in [0.15, 0.2) is 11.4 Å². The second-order valence-electron chi connectivity index (χ2n) is 6.93. The Morgan fingerprint density at radius 3 is 2.20 bits per heavy atom. The first-order valence-corrected chi connectivity index (χ1v) is 9.92. The van der Waals surface area contributed by atoms with Crippen LogP contribution in [0.3, 0.4) is 0 Å². The molecular weight excluding hydrogens is 567 g/mol. The van der Waals surface area contributed by atoms with Crippen molar-refractivity contribution in [3.05, 3.63) is 69.5 Å². The summed E-state index contributed by atoms with van der Waals surface area (Å²) in [6.45, 7) is -3.85. The minimum Gasteiger partial charge on any atom is -0.621 e. The fourth-order valence-electron chi connectivity index (χ4n) is 3.13. The van der Waals surface area contributed by atoms with Crippen LogP contribution in [0.15, 0.2) is 53.1 Å². The molecule has 1 unspecified atom stereocenters. The van der Waals surface area contributed by atoms with Crippen molar-refractivity contribution < 1.29 is 54.1 Å². The van der Waals surface area contributed by atoms with Crippen molar-refractivity contribution in [2.24, 2.45) is 0 Å². The third-order valence-corrected chi connectivity index (χ3v) is 5.38. The van der Waals surface area contributed by atoms with Gasteiger partial charge >= 0.3 is 30.5 Å². The number of hydroxylamine groups is 1. The van der Waals surface area contributed by atoms with Crippen molar-refractivity contribution in [1.29, 1.82) is 0 Å². The van der Waals surface area contributed by atoms with Gasteiger partial charge in [0.2, 0.25) is 0 Å². The molecule has 15 heteroatoms. The lowest BCUT2D eigenvalue weighted by Gasteiger charge is -2.31. The topological polar surface area (TPSA) is 66.7 Å². The Balaban J connectivity index is 2.16. The maximum Gasteiger partial charge on any atom is 0.435 e. The van der Waals surface area contributed by atoms with E-state index in [2.05, 4.69) is 25.7 Å². The molecule has 1 N–H and O–H groups in total. The Bertz CT molecular complexity index is 1250. The highest BCUT2D eigenvalue weighted by Crippen LogP contribution is 2.54. The van der Waals surface area contributed by atoms with Gasteiger partial charge in [-0.1, -0.05) is 12.1 Å². The minimum absolute atomic E-state index is 0.0816. The van der Waals surface area contributed by atoms with Gasteiger partial charge in [-0.25, -0.2) is 9.18 Å². The summed E-state index contributed by atoms with van der Waals surface area (Å²) in [5, 5.41) is 11.7. The van der Waals surface area contributed by atoms with Gasteiger partial charge in [0.05, 0.1) is 15.6 Å². The van der Waals surface area contributed by atoms with Gasteiger partial charge in [-0.3, -0.25) is 10.0 Å². The molecule has 0 aliphatic rings. The number of nitrogens with one attached hydrogen (secondary N) is 1. The van der Waals surface area contributed by atoms with Crippen molar-refractivity contribution in [1.82, 2.24) is 4.98 Å². The van der Waals surface area contributed by atoms with E-state index in [4.69, 9.17) is 0 Å². The van der Waals surface area contributed by atoms with E-state index in [9.17, 15) is 49.5 Å². The van der Waals surface area contributed by atoms with E-state index < -0.39 is 57.1 Å². The summed E-state index contributed by atoms with van der Waals surface area (Å²) in [6.07, 6.45) is -11.8. The van der Waals surface area contributed by atoms with E-state index in [1.165, 1.54) is 18.3 Å². The van der Waals surface area contributed by atoms with Crippen molar-refractivity contribution in [2.45, 2.75) is 24.6 Å². The van der Waals surface area contributed by atoms with Crippen molar-refractivity contribution in [2.75, 3.05) is 0 Å². The molecule has 0 saturated heterocycles. The number of nitrogens with zero attached hydrogens (tertiary/aromatic N) is 1. The lowest BCUT2D eigenvalue weighted by atomic mass is 9.93. The molecular formula is C20H10BrF9N2O3. The number of pyridine rings is 1. The molecule has 1 amide bonds. The number of ether oxygens (including phenoxy) is 1. The zero-order chi connectivity index (χ0) is 26.3. The summed E-state index contributed by atoms with van der Waals surface area (Å²) in [5.41, 5.74) is -9.39. The molecule has 0 bridgehead atoms. The van der Waals surface area contributed by atoms with Crippen molar-refractivity contribution in [3.63, 3.8) is 0 Å². The van der Waals surface area contributed by atoms with Gasteiger partial charge in [-0.15, -0.1) is 0 Å². The zero-order valence-corrected chi connectivity index (χ0v) is 18.2. The first-order chi connectivity index (χ1) is 16.1. The standard InChI is InChI=1S/C20H10BrF9N2O3/c21-12-7-11(18(24,19(25,26)27)20(28,29)30)8-14(35-17(22)23)15(12)32(34)16(33)10-4-3-9-2-1-5-31-13(9)6-10/h1-8,17,32H. The average Bonchev–Trinajstić information content (AvgIpc) is 2.75. The van der Waals surface area contributed by atoms with E-state index in [-0.39, 0.29) is 23.2 Å². The molecule has 0 aliphatic heterocycles. The van der Waals surface area contributed by atoms with Crippen LogP contribution in [0.4, 0.5) is 45.2 Å². The molecule has 188 valence electrons. The van der Waals surface area contributed by atoms with Crippen LogP contribution in [0, 0.1) is 5.21 Å². The van der Waals surface area contributed by atoms with Gasteiger partial charge in [0, 0.05) is 17.1 Å². The number of fused-ring (bicyclic) bond motifs is 1. The number of hydrogen-bond acceptors (Lipinski definition) is 4. The van der Waals surface area contributed by atoms with Crippen LogP contribution in [0.1, 0.15) is 15.9 Å². The summed E-state index contributed by atoms with van der Waals surface area (Å²) < 4.78 is 122. The van der Waals surface area contributed by atoms with Gasteiger partial charge in [-0.2, -0.15) is 35.1 Å². The predicted octanol–water partition coefficient (Wildman–Crippen LogP) is 5.74. The number of rotatable bonds is 5. The van der Waals surface area contributed by atoms with Crippen LogP contribution >= 0.6 is 15.9 Å². The Labute approximate surface area is 197 Å². The summed E-state index contributed by atoms with van der Waals surface area (Å²) in [7, 11) is 0. The third-order valence-electron chi connectivity index (χ3n) is 4.75. The zero-order valence-electron chi connectivity index (χ0n) is 16.6. The van der Waals surface area contributed by atoms with Crippen LogP contribution in [-0.2, 0) is 5.67 Å². The Hall–Kier alpha value is -2.91. The third kappa shape index (κ3) is 4.92. The fourth-order valence-corrected chi connectivity index (χ4v) is 3.75. The van der Waals surface area contributed by atoms with E-state index in [0.717, 1.165) is 6.07 Å². The molecule has 0 saturated carbocycles. The number of aromatic nitrogens is 1. The molecule has 3 rings (SSSR count). The Morgan fingerprint density at radius 2 is 1.63 bits per heavy atom. The quantitative estimate of drug-likeness (QED) is 0.311. The minimum atomic E-state index is -6.56. The van der Waals surface area contributed by atoms with Gasteiger partial charge < -0.3 is 9.94 Å². The summed E-state index contributed by atoms with van der Waals surface area (Å²) >= 11 is 2.48. The van der Waals surface area contributed by atoms with Gasteiger partial charge in [0.1, 0.15) is 0 Å². The number of benzene rings is 2. The number of carbonyl (C=O) groups excluding carboxylic acids is 1. The van der Waals surface area contributed by atoms with Crippen LogP contribution < -0.4 is 9.80 Å². The number of halogens is 10. The molecule has 35 heavy (non-hydrogen) atoms. The van der Waals surface area contributed by atoms with E-state index in [1.54, 1.807) is 12.1 Å². The monoisotopic (exact) mass is 576 g/mol. The maximum absolute atomic E-state index is 14.5. The van der Waals surface area contributed by atoms with Crippen LogP contribution in [0.5, 0.6) is 5.75 Å². The highest BCUT2D eigenvalue weighted by atomic mass is 79.9. The number of alkyl halides is 9. The number of quaternary nitrogens is 1. The van der Waals surface area contributed by atoms with E-state index in [0.29, 0.717) is 5.39 Å². The molecule has 0 fully saturated rings. The Kier molecular flexibility index (Phi) is 7.07. The summed E-state index contributed by atoms with van der Waals surface area (Å²) in [6, 6.07) is 6.48. The molecule has 0 aliphatic carbocycles. The molecule has 1 aromatic heterocycles. The average molecular weight is 577 g/mol. The lowest BCUT2D eigenvalue weighted by Crippen LogP contribution is -3.05. The molecule has 3 aromatic rings. The normalized spacial score (nSPS) is 13.8. The van der Waals surface area contributed by atoms with E-state index >= 15 is 0 Å². The maximum atomic E-state index is 14.5. The van der Waals surface area contributed by atoms with Gasteiger partial charge in [-0.05, 0) is 46.3 Å². The molecule has 0 spiro atoms. The van der Waals surface area contributed by atoms with Gasteiger partial charge in [0.25, 0.3) is 0 Å². The molecule has 5 nitrogen and oxygen atoms in total. The molecule has 1 heterocycles. The smallest absolute Gasteiger partial charge is 0.435 e. The largest absolute Gasteiger partial charge is 0.621 e. The number of hydrogen-bond donors (Lipinski definition) is 1. The summed E-state index contributed by atoms with van der Waals surface area (Å²) in [5.74, 6) is -2.94. The van der Waals surface area contributed by atoms with Crippen LogP contribution in [0.25, 0.3) is 10.9 Å². The summed E-state index contributed by atoms with van der Waals surface area (Å²) in [4.78, 5) is 16.7. The fraction of sp³-hybridized carbons (Fsp3) is 0.200. The molecule has 0 radical (unpaired) electrons. The molecule has 1 atom stereocenters. The highest BCUT2D eigenvalue weighted by Gasteiger charge is 2.73. The first-order valence-electron chi connectivity index (χ1n) is 9.13.